The number of hydrogen-bond acceptors (Lipinski definition) is 2. The van der Waals surface area contributed by atoms with Crippen molar-refractivity contribution in [2.24, 2.45) is 9.98 Å². The van der Waals surface area contributed by atoms with Gasteiger partial charge in [0.05, 0.1) is 11.4 Å². The van der Waals surface area contributed by atoms with Crippen molar-refractivity contribution in [1.29, 1.82) is 0 Å². The van der Waals surface area contributed by atoms with Crippen LogP contribution in [0, 0.1) is 0 Å². The van der Waals surface area contributed by atoms with Crippen molar-refractivity contribution in [3.63, 3.8) is 0 Å². The first-order valence-corrected chi connectivity index (χ1v) is 11.5. The number of nitrogens with zero attached hydrogens (tertiary/aromatic N) is 2. The lowest BCUT2D eigenvalue weighted by Crippen LogP contribution is -1.87. The normalized spacial score (nSPS) is 11.4. The first-order valence-electron chi connectivity index (χ1n) is 9.91. The molecule has 152 valence electrons. The predicted octanol–water partition coefficient (Wildman–Crippen LogP) is 8.30. The monoisotopic (exact) mass is 530 g/mol. The number of benzene rings is 4. The van der Waals surface area contributed by atoms with Gasteiger partial charge < -0.3 is 0 Å². The molecule has 0 aliphatic rings. The molecule has 0 aliphatic carbocycles. The zero-order valence-corrected chi connectivity index (χ0v) is 19.9. The minimum absolute atomic E-state index is 0.882. The van der Waals surface area contributed by atoms with Crippen molar-refractivity contribution in [2.75, 3.05) is 0 Å². The minimum Gasteiger partial charge on any atom is -0.256 e. The van der Waals surface area contributed by atoms with Gasteiger partial charge in [-0.1, -0.05) is 80.4 Å². The van der Waals surface area contributed by atoms with Gasteiger partial charge in [0.2, 0.25) is 0 Å². The lowest BCUT2D eigenvalue weighted by molar-refractivity contribution is 1.19. The molecule has 0 saturated heterocycles. The average molecular weight is 532 g/mol. The Morgan fingerprint density at radius 3 is 1.19 bits per heavy atom. The zero-order valence-electron chi connectivity index (χ0n) is 16.7. The number of hydrogen-bond donors (Lipinski definition) is 0. The molecule has 2 nitrogen and oxygen atoms in total. The molecule has 0 radical (unpaired) electrons. The van der Waals surface area contributed by atoms with E-state index in [9.17, 15) is 0 Å². The Bertz CT molecular complexity index is 1080. The van der Waals surface area contributed by atoms with Crippen molar-refractivity contribution in [3.8, 4) is 0 Å². The molecule has 0 spiro atoms. The van der Waals surface area contributed by atoms with Gasteiger partial charge in [0, 0.05) is 21.4 Å². The van der Waals surface area contributed by atoms with Gasteiger partial charge in [0.15, 0.2) is 0 Å². The second-order valence-corrected chi connectivity index (χ2v) is 8.96. The van der Waals surface area contributed by atoms with Crippen LogP contribution >= 0.6 is 31.9 Å². The molecular formula is C27H20Br2N2. The van der Waals surface area contributed by atoms with E-state index in [0.29, 0.717) is 0 Å². The van der Waals surface area contributed by atoms with Crippen molar-refractivity contribution in [2.45, 2.75) is 6.42 Å². The Hall–Kier alpha value is -2.82. The Morgan fingerprint density at radius 1 is 0.484 bits per heavy atom. The van der Waals surface area contributed by atoms with Crippen LogP contribution in [0.5, 0.6) is 0 Å². The Balaban J connectivity index is 1.35. The molecule has 4 rings (SSSR count). The van der Waals surface area contributed by atoms with E-state index >= 15 is 0 Å². The summed E-state index contributed by atoms with van der Waals surface area (Å²) in [5.74, 6) is 0. The highest BCUT2D eigenvalue weighted by Gasteiger charge is 1.98. The highest BCUT2D eigenvalue weighted by molar-refractivity contribution is 9.10. The molecule has 0 amide bonds. The van der Waals surface area contributed by atoms with E-state index in [1.807, 2.05) is 61.0 Å². The first kappa shape index (κ1) is 21.4. The van der Waals surface area contributed by atoms with Crippen LogP contribution < -0.4 is 0 Å². The lowest BCUT2D eigenvalue weighted by atomic mass is 10.0. The van der Waals surface area contributed by atoms with Gasteiger partial charge in [-0.05, 0) is 77.2 Å². The third kappa shape index (κ3) is 6.58. The van der Waals surface area contributed by atoms with Crippen molar-refractivity contribution >= 4 is 55.7 Å². The molecule has 0 saturated carbocycles. The molecule has 0 atom stereocenters. The van der Waals surface area contributed by atoms with E-state index < -0.39 is 0 Å². The maximum Gasteiger partial charge on any atom is 0.0630 e. The van der Waals surface area contributed by atoms with Gasteiger partial charge in [0.25, 0.3) is 0 Å². The Morgan fingerprint density at radius 2 is 0.839 bits per heavy atom. The molecule has 0 fully saturated rings. The van der Waals surface area contributed by atoms with Crippen molar-refractivity contribution < 1.29 is 0 Å². The molecule has 0 N–H and O–H groups in total. The van der Waals surface area contributed by atoms with Crippen LogP contribution in [0.3, 0.4) is 0 Å². The first-order chi connectivity index (χ1) is 15.1. The van der Waals surface area contributed by atoms with Crippen LogP contribution in [0.25, 0.3) is 0 Å². The molecule has 0 aromatic heterocycles. The molecule has 4 aromatic carbocycles. The van der Waals surface area contributed by atoms with Gasteiger partial charge in [-0.3, -0.25) is 9.98 Å². The maximum absolute atomic E-state index is 4.56. The molecule has 31 heavy (non-hydrogen) atoms. The quantitative estimate of drug-likeness (QED) is 0.223. The van der Waals surface area contributed by atoms with Gasteiger partial charge in [-0.2, -0.15) is 0 Å². The maximum atomic E-state index is 4.56. The van der Waals surface area contributed by atoms with Crippen LogP contribution in [-0.4, -0.2) is 12.4 Å². The molecule has 4 aromatic rings. The third-order valence-electron chi connectivity index (χ3n) is 4.75. The summed E-state index contributed by atoms with van der Waals surface area (Å²) >= 11 is 6.89. The summed E-state index contributed by atoms with van der Waals surface area (Å²) < 4.78 is 2.14. The number of aliphatic imine (C=N–C) groups is 2. The minimum atomic E-state index is 0.882. The topological polar surface area (TPSA) is 24.7 Å². The zero-order chi connectivity index (χ0) is 21.5. The summed E-state index contributed by atoms with van der Waals surface area (Å²) in [7, 11) is 0. The fraction of sp³-hybridized carbons (Fsp3) is 0.0370. The Kier molecular flexibility index (Phi) is 7.23. The van der Waals surface area contributed by atoms with Crippen LogP contribution in [0.1, 0.15) is 22.3 Å². The highest BCUT2D eigenvalue weighted by atomic mass is 79.9. The largest absolute Gasteiger partial charge is 0.256 e. The number of rotatable bonds is 6. The van der Waals surface area contributed by atoms with Gasteiger partial charge >= 0.3 is 0 Å². The number of halogens is 2. The fourth-order valence-corrected chi connectivity index (χ4v) is 3.56. The molecule has 0 bridgehead atoms. The van der Waals surface area contributed by atoms with Crippen LogP contribution in [0.2, 0.25) is 0 Å². The average Bonchev–Trinajstić information content (AvgIpc) is 2.80. The van der Waals surface area contributed by atoms with E-state index in [2.05, 4.69) is 90.4 Å². The molecule has 0 aliphatic heterocycles. The standard InChI is InChI=1S/C27H20Br2N2/c28-24-9-1-22(2-10-24)18-30-26-13-5-20(6-14-26)17-21-7-15-27(16-8-21)31-19-23-3-11-25(29)12-4-23/h1-16,18-19H,17H2. The van der Waals surface area contributed by atoms with E-state index in [1.54, 1.807) is 0 Å². The summed E-state index contributed by atoms with van der Waals surface area (Å²) in [6, 6.07) is 33.0. The van der Waals surface area contributed by atoms with Crippen LogP contribution in [-0.2, 0) is 6.42 Å². The second-order valence-electron chi connectivity index (χ2n) is 7.13. The highest BCUT2D eigenvalue weighted by Crippen LogP contribution is 2.19. The Labute approximate surface area is 199 Å². The molecular weight excluding hydrogens is 512 g/mol. The van der Waals surface area contributed by atoms with E-state index in [1.165, 1.54) is 11.1 Å². The van der Waals surface area contributed by atoms with Gasteiger partial charge in [-0.15, -0.1) is 0 Å². The molecule has 0 heterocycles. The van der Waals surface area contributed by atoms with E-state index in [-0.39, 0.29) is 0 Å². The summed E-state index contributed by atoms with van der Waals surface area (Å²) in [6.07, 6.45) is 4.65. The van der Waals surface area contributed by atoms with Crippen molar-refractivity contribution in [1.82, 2.24) is 0 Å². The van der Waals surface area contributed by atoms with E-state index in [0.717, 1.165) is 37.9 Å². The SMILES string of the molecule is Brc1ccc(C=Nc2ccc(Cc3ccc(N=Cc4ccc(Br)cc4)cc3)cc2)cc1. The second kappa shape index (κ2) is 10.5. The lowest BCUT2D eigenvalue weighted by Gasteiger charge is -2.03. The van der Waals surface area contributed by atoms with Gasteiger partial charge in [0.1, 0.15) is 0 Å². The summed E-state index contributed by atoms with van der Waals surface area (Å²) in [5.41, 5.74) is 6.57. The predicted molar refractivity (Wildman–Crippen MR) is 138 cm³/mol. The van der Waals surface area contributed by atoms with Gasteiger partial charge in [-0.25, -0.2) is 0 Å². The third-order valence-corrected chi connectivity index (χ3v) is 5.80. The summed E-state index contributed by atoms with van der Waals surface area (Å²) in [5, 5.41) is 0. The molecule has 0 unspecified atom stereocenters. The smallest absolute Gasteiger partial charge is 0.0630 e. The fourth-order valence-electron chi connectivity index (χ4n) is 3.03. The van der Waals surface area contributed by atoms with Crippen LogP contribution in [0.15, 0.2) is 116 Å². The van der Waals surface area contributed by atoms with Crippen molar-refractivity contribution in [3.05, 3.63) is 128 Å². The van der Waals surface area contributed by atoms with Crippen LogP contribution in [0.4, 0.5) is 11.4 Å². The van der Waals surface area contributed by atoms with E-state index in [4.69, 9.17) is 0 Å². The summed E-state index contributed by atoms with van der Waals surface area (Å²) in [6.45, 7) is 0. The molecule has 4 heteroatoms. The summed E-state index contributed by atoms with van der Waals surface area (Å²) in [4.78, 5) is 9.11.